The lowest BCUT2D eigenvalue weighted by atomic mass is 10.0. The van der Waals surface area contributed by atoms with Gasteiger partial charge < -0.3 is 9.30 Å². The molecule has 13 heteroatoms. The lowest BCUT2D eigenvalue weighted by Crippen LogP contribution is -2.29. The Kier molecular flexibility index (Phi) is 7.14. The molecule has 0 unspecified atom stereocenters. The number of hydrogen-bond acceptors (Lipinski definition) is 4. The molecule has 0 bridgehead atoms. The Morgan fingerprint density at radius 1 is 0.897 bits per heavy atom. The predicted molar refractivity (Wildman–Crippen MR) is 121 cm³/mol. The van der Waals surface area contributed by atoms with Gasteiger partial charge in [-0.05, 0) is 48.0 Å². The molecule has 0 aliphatic carbocycles. The fourth-order valence-electron chi connectivity index (χ4n) is 3.62. The Hall–Kier alpha value is -4.73. The highest BCUT2D eigenvalue weighted by Gasteiger charge is 2.36. The Morgan fingerprint density at radius 2 is 1.59 bits per heavy atom. The SMILES string of the molecule is N#Cc1c(C(F)(F)F)cc(-c2ccc(Oc3ccc(C(F)(F)F)cn3)cc2)n(Cc2ccc(F)cc2F)c1=O. The Balaban J connectivity index is 1.76. The third-order valence-electron chi connectivity index (χ3n) is 5.50. The van der Waals surface area contributed by atoms with Crippen LogP contribution in [0.25, 0.3) is 11.3 Å². The van der Waals surface area contributed by atoms with E-state index in [2.05, 4.69) is 4.98 Å². The van der Waals surface area contributed by atoms with E-state index in [0.29, 0.717) is 18.3 Å². The normalized spacial score (nSPS) is 11.8. The first-order valence-electron chi connectivity index (χ1n) is 10.8. The average Bonchev–Trinajstić information content (AvgIpc) is 2.86. The quantitative estimate of drug-likeness (QED) is 0.252. The van der Waals surface area contributed by atoms with Crippen molar-refractivity contribution in [2.75, 3.05) is 0 Å². The summed E-state index contributed by atoms with van der Waals surface area (Å²) in [6.45, 7) is -0.624. The summed E-state index contributed by atoms with van der Waals surface area (Å²) in [6, 6.07) is 11.0. The van der Waals surface area contributed by atoms with Crippen molar-refractivity contribution in [1.82, 2.24) is 9.55 Å². The minimum Gasteiger partial charge on any atom is -0.439 e. The Bertz CT molecular complexity index is 1620. The third kappa shape index (κ3) is 5.90. The summed E-state index contributed by atoms with van der Waals surface area (Å²) < 4.78 is 113. The molecule has 5 nitrogen and oxygen atoms in total. The van der Waals surface area contributed by atoms with Crippen LogP contribution in [0.15, 0.2) is 71.7 Å². The summed E-state index contributed by atoms with van der Waals surface area (Å²) in [6.07, 6.45) is -9.11. The highest BCUT2D eigenvalue weighted by molar-refractivity contribution is 5.63. The molecule has 0 N–H and O–H groups in total. The number of benzene rings is 2. The standard InChI is InChI=1S/C26H13F8N3O2/c27-17-5-1-15(21(28)9-17)13-37-22(10-20(26(32,33)34)19(11-35)24(37)38)14-2-6-18(7-3-14)39-23-8-4-16(12-36-23)25(29,30)31/h1-10,12H,13H2. The minimum atomic E-state index is -5.07. The number of pyridine rings is 2. The highest BCUT2D eigenvalue weighted by atomic mass is 19.4. The summed E-state index contributed by atoms with van der Waals surface area (Å²) >= 11 is 0. The molecule has 2 aromatic heterocycles. The van der Waals surface area contributed by atoms with E-state index in [9.17, 15) is 45.2 Å². The second-order valence-electron chi connectivity index (χ2n) is 8.06. The van der Waals surface area contributed by atoms with Crippen molar-refractivity contribution in [2.45, 2.75) is 18.9 Å². The van der Waals surface area contributed by atoms with Gasteiger partial charge in [0.1, 0.15) is 29.0 Å². The summed E-state index contributed by atoms with van der Waals surface area (Å²) in [4.78, 5) is 16.5. The van der Waals surface area contributed by atoms with Gasteiger partial charge in [0.05, 0.1) is 23.4 Å². The molecule has 0 saturated heterocycles. The second-order valence-corrected chi connectivity index (χ2v) is 8.06. The monoisotopic (exact) mass is 551 g/mol. The number of nitrogens with zero attached hydrogens (tertiary/aromatic N) is 3. The molecule has 4 aromatic rings. The summed E-state index contributed by atoms with van der Waals surface area (Å²) in [5.41, 5.74) is -5.59. The highest BCUT2D eigenvalue weighted by Crippen LogP contribution is 2.35. The topological polar surface area (TPSA) is 67.9 Å². The van der Waals surface area contributed by atoms with E-state index in [-0.39, 0.29) is 28.5 Å². The molecule has 0 atom stereocenters. The van der Waals surface area contributed by atoms with Crippen LogP contribution in [-0.4, -0.2) is 9.55 Å². The number of nitriles is 1. The van der Waals surface area contributed by atoms with Gasteiger partial charge in [0.25, 0.3) is 5.56 Å². The van der Waals surface area contributed by atoms with Crippen LogP contribution in [-0.2, 0) is 18.9 Å². The van der Waals surface area contributed by atoms with Crippen LogP contribution >= 0.6 is 0 Å². The zero-order valence-corrected chi connectivity index (χ0v) is 19.2. The molecule has 0 fully saturated rings. The first-order chi connectivity index (χ1) is 18.3. The van der Waals surface area contributed by atoms with Crippen molar-refractivity contribution in [3.8, 4) is 29.0 Å². The summed E-state index contributed by atoms with van der Waals surface area (Å²) in [5.74, 6) is -2.11. The maximum atomic E-state index is 14.3. The summed E-state index contributed by atoms with van der Waals surface area (Å²) in [7, 11) is 0. The molecule has 2 aromatic carbocycles. The fraction of sp³-hybridized carbons (Fsp3) is 0.115. The Morgan fingerprint density at radius 3 is 2.13 bits per heavy atom. The maximum Gasteiger partial charge on any atom is 0.417 e. The van der Waals surface area contributed by atoms with Gasteiger partial charge in [0.2, 0.25) is 5.88 Å². The van der Waals surface area contributed by atoms with Crippen LogP contribution < -0.4 is 10.3 Å². The largest absolute Gasteiger partial charge is 0.439 e. The zero-order chi connectivity index (χ0) is 28.5. The molecule has 4 rings (SSSR count). The molecule has 200 valence electrons. The van der Waals surface area contributed by atoms with E-state index in [4.69, 9.17) is 4.74 Å². The molecular formula is C26H13F8N3O2. The number of aromatic nitrogens is 2. The fourth-order valence-corrected chi connectivity index (χ4v) is 3.62. The third-order valence-corrected chi connectivity index (χ3v) is 5.50. The molecule has 0 spiro atoms. The maximum absolute atomic E-state index is 14.3. The van der Waals surface area contributed by atoms with E-state index < -0.39 is 52.8 Å². The second kappa shape index (κ2) is 10.2. The van der Waals surface area contributed by atoms with E-state index in [0.717, 1.165) is 28.8 Å². The zero-order valence-electron chi connectivity index (χ0n) is 19.2. The summed E-state index contributed by atoms with van der Waals surface area (Å²) in [5, 5.41) is 9.27. The van der Waals surface area contributed by atoms with E-state index in [1.807, 2.05) is 0 Å². The molecule has 2 heterocycles. The average molecular weight is 551 g/mol. The lowest BCUT2D eigenvalue weighted by molar-refractivity contribution is -0.138. The van der Waals surface area contributed by atoms with Crippen molar-refractivity contribution in [2.24, 2.45) is 0 Å². The molecule has 0 radical (unpaired) electrons. The van der Waals surface area contributed by atoms with E-state index >= 15 is 0 Å². The van der Waals surface area contributed by atoms with Crippen molar-refractivity contribution in [3.05, 3.63) is 111 Å². The molecule has 0 aliphatic rings. The van der Waals surface area contributed by atoms with Crippen LogP contribution in [0.1, 0.15) is 22.3 Å². The van der Waals surface area contributed by atoms with Gasteiger partial charge in [-0.1, -0.05) is 6.07 Å². The number of ether oxygens (including phenoxy) is 1. The molecule has 0 saturated carbocycles. The minimum absolute atomic E-state index is 0.0253. The van der Waals surface area contributed by atoms with Gasteiger partial charge in [0.15, 0.2) is 0 Å². The predicted octanol–water partition coefficient (Wildman–Crippen LogP) is 6.94. The smallest absolute Gasteiger partial charge is 0.417 e. The van der Waals surface area contributed by atoms with E-state index in [1.165, 1.54) is 30.3 Å². The first-order valence-corrected chi connectivity index (χ1v) is 10.8. The molecule has 0 amide bonds. The van der Waals surface area contributed by atoms with Crippen LogP contribution in [0.2, 0.25) is 0 Å². The van der Waals surface area contributed by atoms with Crippen LogP contribution in [0.5, 0.6) is 11.6 Å². The van der Waals surface area contributed by atoms with Gasteiger partial charge in [-0.3, -0.25) is 4.79 Å². The Labute approximate surface area is 214 Å². The van der Waals surface area contributed by atoms with Gasteiger partial charge >= 0.3 is 12.4 Å². The van der Waals surface area contributed by atoms with Crippen LogP contribution in [0.4, 0.5) is 35.1 Å². The van der Waals surface area contributed by atoms with Gasteiger partial charge in [0, 0.05) is 23.9 Å². The van der Waals surface area contributed by atoms with Gasteiger partial charge in [-0.2, -0.15) is 31.6 Å². The lowest BCUT2D eigenvalue weighted by Gasteiger charge is -2.18. The number of halogens is 8. The van der Waals surface area contributed by atoms with Gasteiger partial charge in [-0.15, -0.1) is 0 Å². The molecular weight excluding hydrogens is 538 g/mol. The first kappa shape index (κ1) is 27.3. The van der Waals surface area contributed by atoms with E-state index in [1.54, 1.807) is 0 Å². The van der Waals surface area contributed by atoms with Crippen LogP contribution in [0.3, 0.4) is 0 Å². The van der Waals surface area contributed by atoms with Crippen molar-refractivity contribution in [1.29, 1.82) is 5.26 Å². The molecule has 0 aliphatic heterocycles. The number of alkyl halides is 6. The van der Waals surface area contributed by atoms with Crippen molar-refractivity contribution >= 4 is 0 Å². The number of hydrogen-bond donors (Lipinski definition) is 0. The number of rotatable bonds is 5. The van der Waals surface area contributed by atoms with Crippen LogP contribution in [0, 0.1) is 23.0 Å². The van der Waals surface area contributed by atoms with Crippen molar-refractivity contribution in [3.63, 3.8) is 0 Å². The van der Waals surface area contributed by atoms with Gasteiger partial charge in [-0.25, -0.2) is 13.8 Å². The van der Waals surface area contributed by atoms with Crippen molar-refractivity contribution < 1.29 is 39.9 Å². The molecule has 39 heavy (non-hydrogen) atoms.